The first-order chi connectivity index (χ1) is 8.12. The van der Waals surface area contributed by atoms with Crippen LogP contribution in [-0.4, -0.2) is 5.60 Å². The number of alkyl halides is 3. The molecule has 2 nitrogen and oxygen atoms in total. The molecule has 0 amide bonds. The monoisotopic (exact) mass is 263 g/mol. The van der Waals surface area contributed by atoms with Crippen LogP contribution in [0, 0.1) is 5.82 Å². The lowest BCUT2D eigenvalue weighted by atomic mass is 9.88. The highest BCUT2D eigenvalue weighted by Gasteiger charge is 2.42. The highest BCUT2D eigenvalue weighted by atomic mass is 19.4. The number of hydrogen-bond acceptors (Lipinski definition) is 2. The Morgan fingerprint density at radius 3 is 2.50 bits per heavy atom. The number of halogens is 4. The van der Waals surface area contributed by atoms with E-state index < -0.39 is 34.9 Å². The number of hydrogen-bond donors (Lipinski definition) is 1. The smallest absolute Gasteiger partial charge is 0.419 e. The van der Waals surface area contributed by atoms with Crippen molar-refractivity contribution in [3.8, 4) is 5.75 Å². The van der Waals surface area contributed by atoms with Crippen LogP contribution in [0.1, 0.15) is 37.4 Å². The topological polar surface area (TPSA) is 35.2 Å². The molecule has 1 atom stereocenters. The largest absolute Gasteiger partial charge is 0.487 e. The Morgan fingerprint density at radius 2 is 1.94 bits per heavy atom. The molecule has 1 heterocycles. The second kappa shape index (κ2) is 3.85. The Balaban J connectivity index is 2.66. The van der Waals surface area contributed by atoms with Crippen LogP contribution in [0.2, 0.25) is 0 Å². The molecular formula is C12H13F4NO. The van der Waals surface area contributed by atoms with Crippen LogP contribution in [0.3, 0.4) is 0 Å². The van der Waals surface area contributed by atoms with Crippen molar-refractivity contribution >= 4 is 0 Å². The lowest BCUT2D eigenvalue weighted by molar-refractivity contribution is -0.140. The van der Waals surface area contributed by atoms with Gasteiger partial charge in [0.15, 0.2) is 0 Å². The third-order valence-electron chi connectivity index (χ3n) is 2.91. The summed E-state index contributed by atoms with van der Waals surface area (Å²) in [6, 6.07) is 0.664. The molecule has 0 bridgehead atoms. The molecule has 0 radical (unpaired) electrons. The predicted molar refractivity (Wildman–Crippen MR) is 57.7 cm³/mol. The lowest BCUT2D eigenvalue weighted by Crippen LogP contribution is -2.39. The van der Waals surface area contributed by atoms with Gasteiger partial charge in [-0.3, -0.25) is 0 Å². The Labute approximate surface area is 102 Å². The second-order valence-corrected chi connectivity index (χ2v) is 5.01. The average molecular weight is 263 g/mol. The molecule has 1 aromatic rings. The Morgan fingerprint density at radius 1 is 1.33 bits per heavy atom. The van der Waals surface area contributed by atoms with Crippen molar-refractivity contribution in [2.75, 3.05) is 0 Å². The fourth-order valence-electron chi connectivity index (χ4n) is 2.20. The van der Waals surface area contributed by atoms with Crippen LogP contribution in [0.15, 0.2) is 12.1 Å². The zero-order valence-electron chi connectivity index (χ0n) is 9.94. The van der Waals surface area contributed by atoms with E-state index in [0.29, 0.717) is 6.07 Å². The molecule has 0 saturated heterocycles. The molecule has 1 aliphatic heterocycles. The minimum atomic E-state index is -4.59. The SMILES string of the molecule is CC1(C)C[C@H](N)c2c(F)ccc(C(F)(F)F)c2O1. The van der Waals surface area contributed by atoms with Gasteiger partial charge in [-0.05, 0) is 26.0 Å². The Hall–Kier alpha value is -1.30. The number of fused-ring (bicyclic) bond motifs is 1. The van der Waals surface area contributed by atoms with Gasteiger partial charge in [-0.2, -0.15) is 13.2 Å². The molecule has 6 heteroatoms. The summed E-state index contributed by atoms with van der Waals surface area (Å²) in [7, 11) is 0. The van der Waals surface area contributed by atoms with Crippen molar-refractivity contribution in [2.24, 2.45) is 5.73 Å². The van der Waals surface area contributed by atoms with E-state index in [1.54, 1.807) is 13.8 Å². The third-order valence-corrected chi connectivity index (χ3v) is 2.91. The van der Waals surface area contributed by atoms with Crippen molar-refractivity contribution in [2.45, 2.75) is 38.1 Å². The van der Waals surface area contributed by atoms with E-state index in [1.165, 1.54) is 0 Å². The van der Waals surface area contributed by atoms with Gasteiger partial charge in [0.25, 0.3) is 0 Å². The maximum absolute atomic E-state index is 13.6. The van der Waals surface area contributed by atoms with E-state index in [9.17, 15) is 17.6 Å². The van der Waals surface area contributed by atoms with E-state index in [2.05, 4.69) is 0 Å². The van der Waals surface area contributed by atoms with Gasteiger partial charge >= 0.3 is 6.18 Å². The summed E-state index contributed by atoms with van der Waals surface area (Å²) >= 11 is 0. The van der Waals surface area contributed by atoms with Gasteiger partial charge < -0.3 is 10.5 Å². The summed E-state index contributed by atoms with van der Waals surface area (Å²) in [5, 5.41) is 0. The van der Waals surface area contributed by atoms with Crippen LogP contribution < -0.4 is 10.5 Å². The Kier molecular flexibility index (Phi) is 2.81. The van der Waals surface area contributed by atoms with E-state index >= 15 is 0 Å². The van der Waals surface area contributed by atoms with Crippen molar-refractivity contribution < 1.29 is 22.3 Å². The van der Waals surface area contributed by atoms with Gasteiger partial charge in [0.05, 0.1) is 5.56 Å². The normalized spacial score (nSPS) is 22.3. The minimum absolute atomic E-state index is 0.191. The van der Waals surface area contributed by atoms with Crippen molar-refractivity contribution in [3.63, 3.8) is 0 Å². The molecule has 1 aliphatic rings. The van der Waals surface area contributed by atoms with Crippen LogP contribution in [0.5, 0.6) is 5.75 Å². The summed E-state index contributed by atoms with van der Waals surface area (Å²) in [5.41, 5.74) is 3.73. The van der Waals surface area contributed by atoms with Crippen LogP contribution in [0.25, 0.3) is 0 Å². The molecule has 0 aliphatic carbocycles. The summed E-state index contributed by atoms with van der Waals surface area (Å²) in [6.45, 7) is 3.25. The first-order valence-electron chi connectivity index (χ1n) is 5.46. The van der Waals surface area contributed by atoms with Crippen LogP contribution in [-0.2, 0) is 6.18 Å². The molecule has 0 saturated carbocycles. The van der Waals surface area contributed by atoms with Gasteiger partial charge in [-0.15, -0.1) is 0 Å². The fraction of sp³-hybridized carbons (Fsp3) is 0.500. The van der Waals surface area contributed by atoms with E-state index in [1.807, 2.05) is 0 Å². The van der Waals surface area contributed by atoms with Gasteiger partial charge in [0, 0.05) is 18.0 Å². The molecule has 100 valence electrons. The molecule has 0 aromatic heterocycles. The molecule has 0 unspecified atom stereocenters. The number of rotatable bonds is 0. The molecule has 2 N–H and O–H groups in total. The van der Waals surface area contributed by atoms with Gasteiger partial charge in [0.2, 0.25) is 0 Å². The zero-order chi connectivity index (χ0) is 13.7. The quantitative estimate of drug-likeness (QED) is 0.728. The second-order valence-electron chi connectivity index (χ2n) is 5.01. The van der Waals surface area contributed by atoms with Gasteiger partial charge in [0.1, 0.15) is 17.2 Å². The summed E-state index contributed by atoms with van der Waals surface area (Å²) in [4.78, 5) is 0. The number of nitrogens with two attached hydrogens (primary N) is 1. The first-order valence-corrected chi connectivity index (χ1v) is 5.46. The van der Waals surface area contributed by atoms with Gasteiger partial charge in [-0.1, -0.05) is 0 Å². The van der Waals surface area contributed by atoms with Crippen LogP contribution >= 0.6 is 0 Å². The predicted octanol–water partition coefficient (Wildman–Crippen LogP) is 3.41. The average Bonchev–Trinajstić information content (AvgIpc) is 2.12. The van der Waals surface area contributed by atoms with Crippen molar-refractivity contribution in [3.05, 3.63) is 29.1 Å². The highest BCUT2D eigenvalue weighted by Crippen LogP contribution is 2.46. The number of benzene rings is 1. The van der Waals surface area contributed by atoms with E-state index in [4.69, 9.17) is 10.5 Å². The molecule has 1 aromatic carbocycles. The highest BCUT2D eigenvalue weighted by molar-refractivity contribution is 5.47. The molecule has 0 spiro atoms. The fourth-order valence-corrected chi connectivity index (χ4v) is 2.20. The molecule has 2 rings (SSSR count). The Bertz CT molecular complexity index is 482. The minimum Gasteiger partial charge on any atom is -0.487 e. The maximum atomic E-state index is 13.6. The number of ether oxygens (including phenoxy) is 1. The van der Waals surface area contributed by atoms with Crippen molar-refractivity contribution in [1.82, 2.24) is 0 Å². The standard InChI is InChI=1S/C12H13F4NO/c1-11(2)5-8(17)9-7(13)4-3-6(10(9)18-11)12(14,15)16/h3-4,8H,5,17H2,1-2H3/t8-/m0/s1. The molecule has 18 heavy (non-hydrogen) atoms. The summed E-state index contributed by atoms with van der Waals surface area (Å²) < 4.78 is 57.4. The zero-order valence-corrected chi connectivity index (χ0v) is 9.94. The first kappa shape index (κ1) is 13.1. The van der Waals surface area contributed by atoms with Gasteiger partial charge in [-0.25, -0.2) is 4.39 Å². The lowest BCUT2D eigenvalue weighted by Gasteiger charge is -2.37. The van der Waals surface area contributed by atoms with E-state index in [-0.39, 0.29) is 12.0 Å². The van der Waals surface area contributed by atoms with Crippen LogP contribution in [0.4, 0.5) is 17.6 Å². The summed E-state index contributed by atoms with van der Waals surface area (Å²) in [5.74, 6) is -1.24. The van der Waals surface area contributed by atoms with Crippen molar-refractivity contribution in [1.29, 1.82) is 0 Å². The molecule has 0 fully saturated rings. The third kappa shape index (κ3) is 2.16. The summed E-state index contributed by atoms with van der Waals surface area (Å²) in [6.07, 6.45) is -4.33. The molecular weight excluding hydrogens is 250 g/mol. The maximum Gasteiger partial charge on any atom is 0.419 e. The van der Waals surface area contributed by atoms with E-state index in [0.717, 1.165) is 6.07 Å².